The predicted molar refractivity (Wildman–Crippen MR) is 78.8 cm³/mol. The van der Waals surface area contributed by atoms with Crippen LogP contribution in [0.2, 0.25) is 5.02 Å². The van der Waals surface area contributed by atoms with Gasteiger partial charge in [-0.25, -0.2) is 0 Å². The molecule has 0 aliphatic carbocycles. The molecule has 96 valence electrons. The van der Waals surface area contributed by atoms with Crippen molar-refractivity contribution in [2.45, 2.75) is 9.79 Å². The van der Waals surface area contributed by atoms with Crippen molar-refractivity contribution in [1.29, 1.82) is 0 Å². The van der Waals surface area contributed by atoms with E-state index in [1.807, 2.05) is 24.3 Å². The normalized spacial score (nSPS) is 10.2. The number of nitro groups is 1. The molecule has 0 spiro atoms. The van der Waals surface area contributed by atoms with E-state index >= 15 is 0 Å². The van der Waals surface area contributed by atoms with Gasteiger partial charge in [0.25, 0.3) is 5.69 Å². The smallest absolute Gasteiger partial charge is 0.258 e. The van der Waals surface area contributed by atoms with E-state index < -0.39 is 4.92 Å². The maximum absolute atomic E-state index is 10.7. The van der Waals surface area contributed by atoms with E-state index in [1.54, 1.807) is 12.1 Å². The topological polar surface area (TPSA) is 43.1 Å². The van der Waals surface area contributed by atoms with Gasteiger partial charge in [0.15, 0.2) is 0 Å². The molecular weight excluding hydrogens is 282 g/mol. The minimum Gasteiger partial charge on any atom is -0.258 e. The average molecular weight is 292 g/mol. The summed E-state index contributed by atoms with van der Waals surface area (Å²) in [6.45, 7) is 3.69. The van der Waals surface area contributed by atoms with Crippen molar-refractivity contribution in [2.75, 3.05) is 0 Å². The second kappa shape index (κ2) is 5.91. The van der Waals surface area contributed by atoms with Crippen molar-refractivity contribution in [3.63, 3.8) is 0 Å². The third kappa shape index (κ3) is 3.36. The molecule has 0 amide bonds. The summed E-state index contributed by atoms with van der Waals surface area (Å²) < 4.78 is 0. The van der Waals surface area contributed by atoms with Crippen molar-refractivity contribution in [1.82, 2.24) is 0 Å². The highest BCUT2D eigenvalue weighted by atomic mass is 35.5. The van der Waals surface area contributed by atoms with E-state index in [0.29, 0.717) is 5.02 Å². The van der Waals surface area contributed by atoms with Gasteiger partial charge in [0.05, 0.1) is 4.92 Å². The Balaban J connectivity index is 2.32. The van der Waals surface area contributed by atoms with Crippen LogP contribution in [0.3, 0.4) is 0 Å². The number of benzene rings is 2. The van der Waals surface area contributed by atoms with Gasteiger partial charge >= 0.3 is 0 Å². The van der Waals surface area contributed by atoms with Crippen LogP contribution >= 0.6 is 23.4 Å². The Morgan fingerprint density at radius 3 is 2.47 bits per heavy atom. The maximum Gasteiger partial charge on any atom is 0.270 e. The minimum atomic E-state index is -0.413. The minimum absolute atomic E-state index is 0.0651. The summed E-state index contributed by atoms with van der Waals surface area (Å²) in [5.74, 6) is 0. The van der Waals surface area contributed by atoms with Gasteiger partial charge in [0.2, 0.25) is 0 Å². The van der Waals surface area contributed by atoms with E-state index in [9.17, 15) is 10.1 Å². The van der Waals surface area contributed by atoms with Crippen molar-refractivity contribution in [2.24, 2.45) is 0 Å². The lowest BCUT2D eigenvalue weighted by atomic mass is 10.2. The Kier molecular flexibility index (Phi) is 4.24. The van der Waals surface area contributed by atoms with Crippen LogP contribution in [0.4, 0.5) is 5.69 Å². The average Bonchev–Trinajstić information content (AvgIpc) is 2.41. The van der Waals surface area contributed by atoms with Crippen molar-refractivity contribution < 1.29 is 4.92 Å². The summed E-state index contributed by atoms with van der Waals surface area (Å²) in [4.78, 5) is 12.2. The molecule has 0 radical (unpaired) electrons. The molecule has 5 heteroatoms. The summed E-state index contributed by atoms with van der Waals surface area (Å²) in [5.41, 5.74) is 0.810. The standard InChI is InChI=1S/C14H10ClNO2S/c1-2-10-9-12(16(17)18)5-8-14(10)19-13-6-3-11(15)4-7-13/h2-9H,1H2. The van der Waals surface area contributed by atoms with Crippen molar-refractivity contribution in [3.8, 4) is 0 Å². The van der Waals surface area contributed by atoms with E-state index in [2.05, 4.69) is 6.58 Å². The van der Waals surface area contributed by atoms with E-state index in [1.165, 1.54) is 23.9 Å². The fourth-order valence-corrected chi connectivity index (χ4v) is 2.58. The number of nitrogens with zero attached hydrogens (tertiary/aromatic N) is 1. The van der Waals surface area contributed by atoms with Crippen molar-refractivity contribution in [3.05, 3.63) is 69.7 Å². The maximum atomic E-state index is 10.7. The molecule has 0 N–H and O–H groups in total. The molecule has 0 saturated carbocycles. The van der Waals surface area contributed by atoms with Gasteiger partial charge in [0.1, 0.15) is 0 Å². The van der Waals surface area contributed by atoms with E-state index in [0.717, 1.165) is 15.4 Å². The van der Waals surface area contributed by atoms with Crippen LogP contribution in [-0.4, -0.2) is 4.92 Å². The Morgan fingerprint density at radius 1 is 1.21 bits per heavy atom. The van der Waals surface area contributed by atoms with Crippen LogP contribution < -0.4 is 0 Å². The second-order valence-electron chi connectivity index (χ2n) is 3.74. The molecule has 0 atom stereocenters. The molecule has 2 aromatic rings. The molecule has 2 aromatic carbocycles. The number of hydrogen-bond donors (Lipinski definition) is 0. The zero-order valence-corrected chi connectivity index (χ0v) is 11.4. The van der Waals surface area contributed by atoms with Gasteiger partial charge < -0.3 is 0 Å². The SMILES string of the molecule is C=Cc1cc([N+](=O)[O-])ccc1Sc1ccc(Cl)cc1. The predicted octanol–water partition coefficient (Wildman–Crippen LogP) is 5.04. The number of nitro benzene ring substituents is 1. The third-order valence-electron chi connectivity index (χ3n) is 2.47. The van der Waals surface area contributed by atoms with Crippen LogP contribution in [0, 0.1) is 10.1 Å². The Labute approximate surface area is 120 Å². The Morgan fingerprint density at radius 2 is 1.89 bits per heavy atom. The van der Waals surface area contributed by atoms with Gasteiger partial charge in [-0.3, -0.25) is 10.1 Å². The third-order valence-corrected chi connectivity index (χ3v) is 3.82. The number of rotatable bonds is 4. The van der Waals surface area contributed by atoms with Crippen LogP contribution in [0.5, 0.6) is 0 Å². The van der Waals surface area contributed by atoms with Gasteiger partial charge in [-0.2, -0.15) is 0 Å². The molecule has 0 saturated heterocycles. The number of non-ortho nitro benzene ring substituents is 1. The van der Waals surface area contributed by atoms with Crippen LogP contribution in [0.15, 0.2) is 58.8 Å². The fourth-order valence-electron chi connectivity index (χ4n) is 1.53. The van der Waals surface area contributed by atoms with Gasteiger partial charge in [-0.1, -0.05) is 36.0 Å². The summed E-state index contributed by atoms with van der Waals surface area (Å²) in [6.07, 6.45) is 1.62. The molecule has 0 fully saturated rings. The highest BCUT2D eigenvalue weighted by Crippen LogP contribution is 2.33. The monoisotopic (exact) mass is 291 g/mol. The molecule has 3 nitrogen and oxygen atoms in total. The highest BCUT2D eigenvalue weighted by molar-refractivity contribution is 7.99. The van der Waals surface area contributed by atoms with Crippen molar-refractivity contribution >= 4 is 35.1 Å². The van der Waals surface area contributed by atoms with E-state index in [-0.39, 0.29) is 5.69 Å². The van der Waals surface area contributed by atoms with Gasteiger partial charge in [-0.05, 0) is 35.9 Å². The quantitative estimate of drug-likeness (QED) is 0.585. The van der Waals surface area contributed by atoms with Gasteiger partial charge in [0, 0.05) is 26.9 Å². The molecule has 0 aliphatic rings. The lowest BCUT2D eigenvalue weighted by Gasteiger charge is -2.06. The summed E-state index contributed by atoms with van der Waals surface area (Å²) in [7, 11) is 0. The largest absolute Gasteiger partial charge is 0.270 e. The zero-order valence-electron chi connectivity index (χ0n) is 9.88. The molecule has 0 unspecified atom stereocenters. The molecular formula is C14H10ClNO2S. The van der Waals surface area contributed by atoms with Gasteiger partial charge in [-0.15, -0.1) is 0 Å². The molecule has 0 heterocycles. The van der Waals surface area contributed by atoms with E-state index in [4.69, 9.17) is 11.6 Å². The number of halogens is 1. The highest BCUT2D eigenvalue weighted by Gasteiger charge is 2.09. The fraction of sp³-hybridized carbons (Fsp3) is 0. The summed E-state index contributed by atoms with van der Waals surface area (Å²) >= 11 is 7.34. The number of hydrogen-bond acceptors (Lipinski definition) is 3. The molecule has 0 aliphatic heterocycles. The van der Waals surface area contributed by atoms with Crippen LogP contribution in [-0.2, 0) is 0 Å². The van der Waals surface area contributed by atoms with Crippen LogP contribution in [0.25, 0.3) is 6.08 Å². The van der Waals surface area contributed by atoms with Crippen LogP contribution in [0.1, 0.15) is 5.56 Å². The first-order valence-electron chi connectivity index (χ1n) is 5.44. The lowest BCUT2D eigenvalue weighted by Crippen LogP contribution is -1.89. The molecule has 2 rings (SSSR count). The molecule has 19 heavy (non-hydrogen) atoms. The first-order valence-corrected chi connectivity index (χ1v) is 6.64. The Bertz CT molecular complexity index is 626. The summed E-state index contributed by atoms with van der Waals surface area (Å²) in [6, 6.07) is 12.2. The summed E-state index contributed by atoms with van der Waals surface area (Å²) in [5, 5.41) is 11.4. The zero-order chi connectivity index (χ0) is 13.8. The second-order valence-corrected chi connectivity index (χ2v) is 5.29. The Hall–Kier alpha value is -1.78. The molecule has 0 aromatic heterocycles. The first-order chi connectivity index (χ1) is 9.10. The lowest BCUT2D eigenvalue weighted by molar-refractivity contribution is -0.384. The molecule has 0 bridgehead atoms. The first kappa shape index (κ1) is 13.6.